The van der Waals surface area contributed by atoms with E-state index in [9.17, 15) is 13.6 Å². The van der Waals surface area contributed by atoms with E-state index in [0.717, 1.165) is 4.90 Å². The van der Waals surface area contributed by atoms with Crippen molar-refractivity contribution >= 4 is 6.09 Å². The minimum absolute atomic E-state index is 0.0586. The fraction of sp³-hybridized carbons (Fsp3) is 0.900. The van der Waals surface area contributed by atoms with Crippen molar-refractivity contribution in [3.05, 3.63) is 0 Å². The standard InChI is InChI=1S/C10H17F2NO2/c1-7-10(11,12)5-6-13(7)8(14)15-9(2,3)4/h7H,5-6H2,1-4H3. The number of carbonyl (C=O) groups is 1. The van der Waals surface area contributed by atoms with Crippen LogP contribution in [-0.2, 0) is 4.74 Å². The van der Waals surface area contributed by atoms with Crippen LogP contribution in [0.15, 0.2) is 0 Å². The molecule has 1 fully saturated rings. The van der Waals surface area contributed by atoms with E-state index in [4.69, 9.17) is 4.74 Å². The largest absolute Gasteiger partial charge is 0.444 e. The van der Waals surface area contributed by atoms with Crippen LogP contribution in [0.25, 0.3) is 0 Å². The third-order valence-corrected chi connectivity index (χ3v) is 2.39. The van der Waals surface area contributed by atoms with Gasteiger partial charge in [0.05, 0.1) is 6.04 Å². The van der Waals surface area contributed by atoms with Crippen LogP contribution >= 0.6 is 0 Å². The van der Waals surface area contributed by atoms with E-state index in [-0.39, 0.29) is 13.0 Å². The molecule has 1 aliphatic heterocycles. The molecule has 1 rings (SSSR count). The van der Waals surface area contributed by atoms with Crippen molar-refractivity contribution in [3.8, 4) is 0 Å². The van der Waals surface area contributed by atoms with Gasteiger partial charge in [-0.25, -0.2) is 13.6 Å². The lowest BCUT2D eigenvalue weighted by Gasteiger charge is -2.27. The van der Waals surface area contributed by atoms with E-state index in [0.29, 0.717) is 0 Å². The summed E-state index contributed by atoms with van der Waals surface area (Å²) in [7, 11) is 0. The number of ether oxygens (including phenoxy) is 1. The molecule has 0 aromatic carbocycles. The van der Waals surface area contributed by atoms with Gasteiger partial charge in [-0.05, 0) is 27.7 Å². The molecule has 0 spiro atoms. The molecule has 0 bridgehead atoms. The molecule has 15 heavy (non-hydrogen) atoms. The van der Waals surface area contributed by atoms with E-state index in [1.165, 1.54) is 6.92 Å². The Kier molecular flexibility index (Phi) is 2.94. The van der Waals surface area contributed by atoms with Crippen LogP contribution < -0.4 is 0 Å². The summed E-state index contributed by atoms with van der Waals surface area (Å²) in [4.78, 5) is 12.6. The average Bonchev–Trinajstić information content (AvgIpc) is 2.24. The lowest BCUT2D eigenvalue weighted by atomic mass is 10.2. The van der Waals surface area contributed by atoms with Crippen molar-refractivity contribution in [3.63, 3.8) is 0 Å². The number of likely N-dealkylation sites (tertiary alicyclic amines) is 1. The highest BCUT2D eigenvalue weighted by Gasteiger charge is 2.48. The van der Waals surface area contributed by atoms with Crippen molar-refractivity contribution in [2.24, 2.45) is 0 Å². The molecule has 0 aliphatic carbocycles. The molecule has 0 radical (unpaired) electrons. The number of rotatable bonds is 0. The van der Waals surface area contributed by atoms with Gasteiger partial charge in [0.25, 0.3) is 5.92 Å². The minimum Gasteiger partial charge on any atom is -0.444 e. The Balaban J connectivity index is 2.64. The van der Waals surface area contributed by atoms with Crippen LogP contribution in [0, 0.1) is 0 Å². The minimum atomic E-state index is -2.79. The van der Waals surface area contributed by atoms with Gasteiger partial charge in [0, 0.05) is 13.0 Å². The molecule has 1 atom stereocenters. The van der Waals surface area contributed by atoms with E-state index in [1.54, 1.807) is 20.8 Å². The first-order chi connectivity index (χ1) is 6.63. The summed E-state index contributed by atoms with van der Waals surface area (Å²) in [5.41, 5.74) is -0.644. The molecule has 1 aliphatic rings. The van der Waals surface area contributed by atoms with Gasteiger partial charge in [0.1, 0.15) is 5.60 Å². The molecule has 88 valence electrons. The van der Waals surface area contributed by atoms with Gasteiger partial charge in [-0.2, -0.15) is 0 Å². The second-order valence-electron chi connectivity index (χ2n) is 4.86. The summed E-state index contributed by atoms with van der Waals surface area (Å²) < 4.78 is 31.3. The highest BCUT2D eigenvalue weighted by molar-refractivity contribution is 5.69. The average molecular weight is 221 g/mol. The molecule has 0 saturated carbocycles. The highest BCUT2D eigenvalue weighted by atomic mass is 19.3. The lowest BCUT2D eigenvalue weighted by Crippen LogP contribution is -2.42. The van der Waals surface area contributed by atoms with Crippen LogP contribution in [0.3, 0.4) is 0 Å². The SMILES string of the molecule is CC1N(C(=O)OC(C)(C)C)CCC1(F)F. The Hall–Kier alpha value is -0.870. The molecule has 1 heterocycles. The summed E-state index contributed by atoms with van der Waals surface area (Å²) in [5, 5.41) is 0. The maximum Gasteiger partial charge on any atom is 0.410 e. The maximum atomic E-state index is 13.1. The summed E-state index contributed by atoms with van der Waals surface area (Å²) in [5.74, 6) is -2.79. The van der Waals surface area contributed by atoms with Crippen molar-refractivity contribution in [1.82, 2.24) is 4.90 Å². The summed E-state index contributed by atoms with van der Waals surface area (Å²) in [6, 6.07) is -1.08. The Morgan fingerprint density at radius 2 is 2.00 bits per heavy atom. The van der Waals surface area contributed by atoms with Crippen LogP contribution in [0.1, 0.15) is 34.1 Å². The number of amides is 1. The normalized spacial score (nSPS) is 25.5. The summed E-state index contributed by atoms with van der Waals surface area (Å²) in [6.45, 7) is 6.54. The predicted octanol–water partition coefficient (Wildman–Crippen LogP) is 2.65. The second-order valence-corrected chi connectivity index (χ2v) is 4.86. The number of halogens is 2. The molecule has 0 N–H and O–H groups in total. The Morgan fingerprint density at radius 1 is 1.47 bits per heavy atom. The smallest absolute Gasteiger partial charge is 0.410 e. The van der Waals surface area contributed by atoms with Crippen molar-refractivity contribution in [1.29, 1.82) is 0 Å². The molecule has 0 aromatic rings. The third-order valence-electron chi connectivity index (χ3n) is 2.39. The molecule has 1 amide bonds. The van der Waals surface area contributed by atoms with Gasteiger partial charge in [-0.15, -0.1) is 0 Å². The molecule has 1 unspecified atom stereocenters. The van der Waals surface area contributed by atoms with E-state index < -0.39 is 23.7 Å². The van der Waals surface area contributed by atoms with Gasteiger partial charge < -0.3 is 4.74 Å². The molecule has 3 nitrogen and oxygen atoms in total. The van der Waals surface area contributed by atoms with Crippen molar-refractivity contribution in [2.45, 2.75) is 51.7 Å². The van der Waals surface area contributed by atoms with E-state index >= 15 is 0 Å². The molecule has 5 heteroatoms. The third kappa shape index (κ3) is 2.79. The Bertz CT molecular complexity index is 261. The van der Waals surface area contributed by atoms with Crippen LogP contribution in [0.5, 0.6) is 0 Å². The Morgan fingerprint density at radius 3 is 2.33 bits per heavy atom. The fourth-order valence-electron chi connectivity index (χ4n) is 1.47. The maximum absolute atomic E-state index is 13.1. The Labute approximate surface area is 88.4 Å². The zero-order valence-electron chi connectivity index (χ0n) is 9.51. The van der Waals surface area contributed by atoms with E-state index in [2.05, 4.69) is 0 Å². The second kappa shape index (κ2) is 3.61. The molecular formula is C10H17F2NO2. The number of hydrogen-bond acceptors (Lipinski definition) is 2. The summed E-state index contributed by atoms with van der Waals surface area (Å²) >= 11 is 0. The molecule has 1 saturated heterocycles. The van der Waals surface area contributed by atoms with Gasteiger partial charge in [0.15, 0.2) is 0 Å². The quantitative estimate of drug-likeness (QED) is 0.629. The van der Waals surface area contributed by atoms with Gasteiger partial charge >= 0.3 is 6.09 Å². The van der Waals surface area contributed by atoms with Crippen LogP contribution in [0.4, 0.5) is 13.6 Å². The van der Waals surface area contributed by atoms with Crippen LogP contribution in [-0.4, -0.2) is 35.1 Å². The first kappa shape index (κ1) is 12.2. The first-order valence-corrected chi connectivity index (χ1v) is 5.01. The molecule has 0 aromatic heterocycles. The zero-order valence-corrected chi connectivity index (χ0v) is 9.51. The fourth-order valence-corrected chi connectivity index (χ4v) is 1.47. The van der Waals surface area contributed by atoms with Gasteiger partial charge in [-0.1, -0.05) is 0 Å². The van der Waals surface area contributed by atoms with Crippen molar-refractivity contribution in [2.75, 3.05) is 6.54 Å². The van der Waals surface area contributed by atoms with Gasteiger partial charge in [0.2, 0.25) is 0 Å². The lowest BCUT2D eigenvalue weighted by molar-refractivity contribution is -0.0342. The van der Waals surface area contributed by atoms with Gasteiger partial charge in [-0.3, -0.25) is 4.90 Å². The summed E-state index contributed by atoms with van der Waals surface area (Å²) in [6.07, 6.45) is -0.944. The monoisotopic (exact) mass is 221 g/mol. The molecular weight excluding hydrogens is 204 g/mol. The van der Waals surface area contributed by atoms with Crippen molar-refractivity contribution < 1.29 is 18.3 Å². The highest BCUT2D eigenvalue weighted by Crippen LogP contribution is 2.34. The van der Waals surface area contributed by atoms with E-state index in [1.807, 2.05) is 0 Å². The number of nitrogens with zero attached hydrogens (tertiary/aromatic N) is 1. The number of alkyl halides is 2. The number of hydrogen-bond donors (Lipinski definition) is 0. The zero-order chi connectivity index (χ0) is 11.9. The van der Waals surface area contributed by atoms with Crippen LogP contribution in [0.2, 0.25) is 0 Å². The topological polar surface area (TPSA) is 29.5 Å². The first-order valence-electron chi connectivity index (χ1n) is 5.01. The number of carbonyl (C=O) groups excluding carboxylic acids is 1. The predicted molar refractivity (Wildman–Crippen MR) is 52.0 cm³/mol.